The van der Waals surface area contributed by atoms with Crippen LogP contribution in [0.15, 0.2) is 17.5 Å². The predicted octanol–water partition coefficient (Wildman–Crippen LogP) is 2.90. The number of rotatable bonds is 3. The molecule has 0 bridgehead atoms. The minimum Gasteiger partial charge on any atom is -0.336 e. The normalized spacial score (nSPS) is 31.6. The number of carbonyl (C=O) groups excluding carboxylic acids is 1. The summed E-state index contributed by atoms with van der Waals surface area (Å²) in [5, 5.41) is 5.95. The maximum atomic E-state index is 12.0. The van der Waals surface area contributed by atoms with Crippen LogP contribution in [0.4, 0.5) is 0 Å². The van der Waals surface area contributed by atoms with Crippen molar-refractivity contribution in [1.82, 2.24) is 10.2 Å². The summed E-state index contributed by atoms with van der Waals surface area (Å²) in [6.07, 6.45) is 4.23. The van der Waals surface area contributed by atoms with Crippen LogP contribution in [-0.4, -0.2) is 41.4 Å². The van der Waals surface area contributed by atoms with E-state index < -0.39 is 0 Å². The van der Waals surface area contributed by atoms with Gasteiger partial charge in [-0.1, -0.05) is 6.07 Å². The summed E-state index contributed by atoms with van der Waals surface area (Å²) in [5.41, 5.74) is 0. The number of amides is 1. The summed E-state index contributed by atoms with van der Waals surface area (Å²) in [6, 6.07) is 5.47. The van der Waals surface area contributed by atoms with E-state index in [2.05, 4.69) is 34.6 Å². The average Bonchev–Trinajstić information content (AvgIpc) is 2.98. The van der Waals surface area contributed by atoms with Gasteiger partial charge in [0.05, 0.1) is 6.04 Å². The van der Waals surface area contributed by atoms with Crippen LogP contribution in [0.1, 0.15) is 36.6 Å². The number of hydrogen-bond acceptors (Lipinski definition) is 4. The van der Waals surface area contributed by atoms with Crippen molar-refractivity contribution in [3.63, 3.8) is 0 Å². The fraction of sp³-hybridized carbons (Fsp3) is 0.667. The highest BCUT2D eigenvalue weighted by Crippen LogP contribution is 2.34. The number of likely N-dealkylation sites (tertiary alicyclic amines) is 1. The molecule has 0 unspecified atom stereocenters. The third-order valence-electron chi connectivity index (χ3n) is 4.31. The van der Waals surface area contributed by atoms with Crippen molar-refractivity contribution in [2.75, 3.05) is 18.6 Å². The molecule has 3 atom stereocenters. The van der Waals surface area contributed by atoms with Crippen molar-refractivity contribution >= 4 is 29.0 Å². The molecule has 2 fully saturated rings. The number of carbonyl (C=O) groups is 1. The van der Waals surface area contributed by atoms with E-state index in [0.717, 1.165) is 6.42 Å². The first-order valence-corrected chi connectivity index (χ1v) is 9.42. The maximum Gasteiger partial charge on any atom is 0.222 e. The fourth-order valence-corrected chi connectivity index (χ4v) is 5.25. The van der Waals surface area contributed by atoms with E-state index in [1.54, 1.807) is 11.3 Å². The van der Waals surface area contributed by atoms with Gasteiger partial charge in [-0.3, -0.25) is 4.79 Å². The fourth-order valence-electron chi connectivity index (χ4n) is 3.24. The Morgan fingerprint density at radius 3 is 3.00 bits per heavy atom. The molecule has 2 aliphatic rings. The van der Waals surface area contributed by atoms with Gasteiger partial charge in [0.15, 0.2) is 0 Å². The van der Waals surface area contributed by atoms with E-state index in [4.69, 9.17) is 0 Å². The standard InChI is InChI=1S/C15H22N2OS2/c1-17-14(18)7-6-12(15(17)13-5-3-9-20-13)16-11-4-2-8-19-10-11/h3,5,9,11-12,15-16H,2,4,6-8,10H2,1H3/t11-,12-,15+/m0/s1. The molecule has 0 saturated carbocycles. The Hall–Kier alpha value is -0.520. The molecule has 110 valence electrons. The molecule has 0 spiro atoms. The van der Waals surface area contributed by atoms with E-state index in [0.29, 0.717) is 18.5 Å². The van der Waals surface area contributed by atoms with Gasteiger partial charge in [-0.05, 0) is 36.5 Å². The number of hydrogen-bond donors (Lipinski definition) is 1. The molecule has 3 rings (SSSR count). The van der Waals surface area contributed by atoms with E-state index in [9.17, 15) is 4.79 Å². The zero-order valence-corrected chi connectivity index (χ0v) is 13.5. The summed E-state index contributed by atoms with van der Waals surface area (Å²) in [6.45, 7) is 0. The number of likely N-dealkylation sites (N-methyl/N-ethyl adjacent to an activating group) is 1. The Morgan fingerprint density at radius 2 is 2.30 bits per heavy atom. The van der Waals surface area contributed by atoms with Crippen LogP contribution in [0.3, 0.4) is 0 Å². The molecule has 2 saturated heterocycles. The van der Waals surface area contributed by atoms with Crippen LogP contribution in [0.5, 0.6) is 0 Å². The van der Waals surface area contributed by atoms with Crippen LogP contribution in [0.25, 0.3) is 0 Å². The molecule has 0 radical (unpaired) electrons. The Labute approximate surface area is 129 Å². The Morgan fingerprint density at radius 1 is 1.40 bits per heavy atom. The van der Waals surface area contributed by atoms with Gasteiger partial charge in [0.25, 0.3) is 0 Å². The second-order valence-corrected chi connectivity index (χ2v) is 7.82. The van der Waals surface area contributed by atoms with Gasteiger partial charge >= 0.3 is 0 Å². The van der Waals surface area contributed by atoms with Gasteiger partial charge < -0.3 is 10.2 Å². The summed E-state index contributed by atoms with van der Waals surface area (Å²) >= 11 is 3.81. The number of nitrogens with one attached hydrogen (secondary N) is 1. The predicted molar refractivity (Wildman–Crippen MR) is 86.3 cm³/mol. The summed E-state index contributed by atoms with van der Waals surface area (Å²) in [7, 11) is 1.95. The van der Waals surface area contributed by atoms with Crippen molar-refractivity contribution in [1.29, 1.82) is 0 Å². The molecule has 1 aromatic heterocycles. The largest absolute Gasteiger partial charge is 0.336 e. The topological polar surface area (TPSA) is 32.3 Å². The molecular weight excluding hydrogens is 288 g/mol. The second-order valence-electron chi connectivity index (χ2n) is 5.69. The van der Waals surface area contributed by atoms with Crippen molar-refractivity contribution in [2.24, 2.45) is 0 Å². The third-order valence-corrected chi connectivity index (χ3v) is 6.46. The van der Waals surface area contributed by atoms with Gasteiger partial charge in [0, 0.05) is 36.2 Å². The lowest BCUT2D eigenvalue weighted by Crippen LogP contribution is -2.52. The first kappa shape index (κ1) is 14.4. The van der Waals surface area contributed by atoms with Gasteiger partial charge in [0.1, 0.15) is 0 Å². The Balaban J connectivity index is 1.74. The lowest BCUT2D eigenvalue weighted by Gasteiger charge is -2.41. The molecule has 2 aliphatic heterocycles. The number of thiophene rings is 1. The van der Waals surface area contributed by atoms with E-state index in [1.807, 2.05) is 11.9 Å². The monoisotopic (exact) mass is 310 g/mol. The van der Waals surface area contributed by atoms with Crippen LogP contribution < -0.4 is 5.32 Å². The van der Waals surface area contributed by atoms with Gasteiger partial charge in [-0.15, -0.1) is 11.3 Å². The summed E-state index contributed by atoms with van der Waals surface area (Å²) in [4.78, 5) is 15.3. The highest BCUT2D eigenvalue weighted by Gasteiger charge is 2.36. The van der Waals surface area contributed by atoms with Gasteiger partial charge in [-0.2, -0.15) is 11.8 Å². The molecule has 1 N–H and O–H groups in total. The average molecular weight is 310 g/mol. The summed E-state index contributed by atoms with van der Waals surface area (Å²) < 4.78 is 0. The lowest BCUT2D eigenvalue weighted by atomic mass is 9.93. The number of thioether (sulfide) groups is 1. The minimum absolute atomic E-state index is 0.211. The molecule has 0 aromatic carbocycles. The Bertz CT molecular complexity index is 443. The van der Waals surface area contributed by atoms with Crippen LogP contribution >= 0.6 is 23.1 Å². The minimum atomic E-state index is 0.211. The van der Waals surface area contributed by atoms with E-state index in [-0.39, 0.29) is 11.9 Å². The van der Waals surface area contributed by atoms with Crippen LogP contribution in [-0.2, 0) is 4.79 Å². The number of piperidine rings is 1. The second kappa shape index (κ2) is 6.50. The highest BCUT2D eigenvalue weighted by atomic mass is 32.2. The Kier molecular flexibility index (Phi) is 4.68. The molecule has 20 heavy (non-hydrogen) atoms. The number of nitrogens with zero attached hydrogens (tertiary/aromatic N) is 1. The molecule has 5 heteroatoms. The smallest absolute Gasteiger partial charge is 0.222 e. The first-order chi connectivity index (χ1) is 9.75. The van der Waals surface area contributed by atoms with E-state index >= 15 is 0 Å². The third kappa shape index (κ3) is 3.05. The lowest BCUT2D eigenvalue weighted by molar-refractivity contribution is -0.135. The molecule has 3 heterocycles. The van der Waals surface area contributed by atoms with Gasteiger partial charge in [-0.25, -0.2) is 0 Å². The summed E-state index contributed by atoms with van der Waals surface area (Å²) in [5.74, 6) is 2.79. The molecule has 3 nitrogen and oxygen atoms in total. The first-order valence-electron chi connectivity index (χ1n) is 7.38. The molecule has 0 aliphatic carbocycles. The molecular formula is C15H22N2OS2. The van der Waals surface area contributed by atoms with Crippen molar-refractivity contribution in [2.45, 2.75) is 43.8 Å². The van der Waals surface area contributed by atoms with Gasteiger partial charge in [0.2, 0.25) is 5.91 Å². The quantitative estimate of drug-likeness (QED) is 0.932. The van der Waals surface area contributed by atoms with Crippen LogP contribution in [0.2, 0.25) is 0 Å². The van der Waals surface area contributed by atoms with Crippen molar-refractivity contribution < 1.29 is 4.79 Å². The highest BCUT2D eigenvalue weighted by molar-refractivity contribution is 7.99. The van der Waals surface area contributed by atoms with Crippen LogP contribution in [0, 0.1) is 0 Å². The SMILES string of the molecule is CN1C(=O)CC[C@H](N[C@H]2CCCSC2)[C@@H]1c1cccs1. The van der Waals surface area contributed by atoms with Crippen molar-refractivity contribution in [3.05, 3.63) is 22.4 Å². The maximum absolute atomic E-state index is 12.0. The molecule has 1 amide bonds. The zero-order valence-electron chi connectivity index (χ0n) is 11.9. The van der Waals surface area contributed by atoms with Crippen molar-refractivity contribution in [3.8, 4) is 0 Å². The zero-order chi connectivity index (χ0) is 13.9. The molecule has 1 aromatic rings. The van der Waals surface area contributed by atoms with E-state index in [1.165, 1.54) is 29.2 Å².